The summed E-state index contributed by atoms with van der Waals surface area (Å²) in [4.78, 5) is 11.6. The van der Waals surface area contributed by atoms with Gasteiger partial charge in [0.2, 0.25) is 0 Å². The van der Waals surface area contributed by atoms with Crippen LogP contribution in [0.15, 0.2) is 10.4 Å². The Labute approximate surface area is 149 Å². The Balaban J connectivity index is 1.60. The molecule has 0 unspecified atom stereocenters. The van der Waals surface area contributed by atoms with Crippen molar-refractivity contribution < 1.29 is 4.74 Å². The number of ether oxygens (including phenoxy) is 1. The number of thiazole rings is 1. The highest BCUT2D eigenvalue weighted by Gasteiger charge is 2.08. The van der Waals surface area contributed by atoms with Crippen molar-refractivity contribution in [3.05, 3.63) is 16.1 Å². The van der Waals surface area contributed by atoms with Crippen LogP contribution in [0.1, 0.15) is 30.5 Å². The number of guanidine groups is 1. The van der Waals surface area contributed by atoms with Gasteiger partial charge in [-0.15, -0.1) is 11.3 Å². The molecule has 1 fully saturated rings. The van der Waals surface area contributed by atoms with Crippen molar-refractivity contribution in [1.29, 1.82) is 0 Å². The van der Waals surface area contributed by atoms with Gasteiger partial charge >= 0.3 is 0 Å². The van der Waals surface area contributed by atoms with Gasteiger partial charge in [0.15, 0.2) is 5.96 Å². The number of aryl methyl sites for hydroxylation is 1. The number of aromatic nitrogens is 1. The molecule has 0 amide bonds. The standard InChI is InChI=1S/C17H31N5OS/c1-3-18-17(20-8-6-16-14-24-15(2)21-16)19-7-4-5-9-22-10-12-23-13-11-22/h14H,3-13H2,1-2H3,(H2,18,19,20). The van der Waals surface area contributed by atoms with E-state index in [0.29, 0.717) is 0 Å². The Morgan fingerprint density at radius 3 is 2.88 bits per heavy atom. The van der Waals surface area contributed by atoms with Crippen LogP contribution in [0.25, 0.3) is 0 Å². The second-order valence-electron chi connectivity index (χ2n) is 5.96. The highest BCUT2D eigenvalue weighted by molar-refractivity contribution is 7.09. The Morgan fingerprint density at radius 2 is 2.17 bits per heavy atom. The predicted octanol–water partition coefficient (Wildman–Crippen LogP) is 1.66. The molecule has 0 aromatic carbocycles. The first-order chi connectivity index (χ1) is 11.8. The van der Waals surface area contributed by atoms with Crippen molar-refractivity contribution >= 4 is 17.3 Å². The molecule has 1 saturated heterocycles. The molecule has 1 aliphatic heterocycles. The minimum atomic E-state index is 0.864. The molecule has 0 atom stereocenters. The quantitative estimate of drug-likeness (QED) is 0.402. The Hall–Kier alpha value is -1.18. The minimum Gasteiger partial charge on any atom is -0.379 e. The third kappa shape index (κ3) is 7.59. The summed E-state index contributed by atoms with van der Waals surface area (Å²) < 4.78 is 5.37. The highest BCUT2D eigenvalue weighted by atomic mass is 32.1. The van der Waals surface area contributed by atoms with Crippen LogP contribution in [0, 0.1) is 6.92 Å². The molecule has 7 heteroatoms. The van der Waals surface area contributed by atoms with Gasteiger partial charge in [0.25, 0.3) is 0 Å². The molecule has 6 nitrogen and oxygen atoms in total. The molecule has 0 spiro atoms. The molecule has 2 rings (SSSR count). The van der Waals surface area contributed by atoms with Crippen LogP contribution in [0.3, 0.4) is 0 Å². The first-order valence-electron chi connectivity index (χ1n) is 9.01. The zero-order chi connectivity index (χ0) is 17.0. The van der Waals surface area contributed by atoms with E-state index >= 15 is 0 Å². The molecule has 0 aliphatic carbocycles. The maximum absolute atomic E-state index is 5.37. The molecular formula is C17H31N5OS. The first-order valence-corrected chi connectivity index (χ1v) is 9.89. The van der Waals surface area contributed by atoms with Gasteiger partial charge < -0.3 is 15.4 Å². The van der Waals surface area contributed by atoms with E-state index in [-0.39, 0.29) is 0 Å². The second kappa shape index (κ2) is 11.4. The number of morpholine rings is 1. The zero-order valence-electron chi connectivity index (χ0n) is 15.0. The molecule has 136 valence electrons. The summed E-state index contributed by atoms with van der Waals surface area (Å²) in [6.07, 6.45) is 3.26. The Bertz CT molecular complexity index is 485. The summed E-state index contributed by atoms with van der Waals surface area (Å²) in [6.45, 7) is 11.8. The lowest BCUT2D eigenvalue weighted by molar-refractivity contribution is 0.0373. The smallest absolute Gasteiger partial charge is 0.191 e. The van der Waals surface area contributed by atoms with Crippen molar-refractivity contribution in [3.63, 3.8) is 0 Å². The summed E-state index contributed by atoms with van der Waals surface area (Å²) in [5.41, 5.74) is 1.16. The lowest BCUT2D eigenvalue weighted by Crippen LogP contribution is -2.38. The van der Waals surface area contributed by atoms with Gasteiger partial charge in [0.05, 0.1) is 23.9 Å². The minimum absolute atomic E-state index is 0.864. The zero-order valence-corrected chi connectivity index (χ0v) is 15.8. The average molecular weight is 354 g/mol. The molecule has 1 aromatic rings. The largest absolute Gasteiger partial charge is 0.379 e. The number of rotatable bonds is 9. The highest BCUT2D eigenvalue weighted by Crippen LogP contribution is 2.07. The molecule has 0 saturated carbocycles. The van der Waals surface area contributed by atoms with Crippen molar-refractivity contribution in [2.24, 2.45) is 4.99 Å². The van der Waals surface area contributed by atoms with Crippen LogP contribution < -0.4 is 10.6 Å². The fourth-order valence-electron chi connectivity index (χ4n) is 2.64. The van der Waals surface area contributed by atoms with Crippen LogP contribution in [-0.4, -0.2) is 68.3 Å². The van der Waals surface area contributed by atoms with Crippen LogP contribution >= 0.6 is 11.3 Å². The second-order valence-corrected chi connectivity index (χ2v) is 7.02. The summed E-state index contributed by atoms with van der Waals surface area (Å²) >= 11 is 1.71. The van der Waals surface area contributed by atoms with Crippen LogP contribution in [0.4, 0.5) is 0 Å². The van der Waals surface area contributed by atoms with Crippen molar-refractivity contribution in [2.45, 2.75) is 33.1 Å². The van der Waals surface area contributed by atoms with Crippen molar-refractivity contribution in [3.8, 4) is 0 Å². The number of nitrogens with zero attached hydrogens (tertiary/aromatic N) is 3. The number of hydrogen-bond donors (Lipinski definition) is 2. The number of aliphatic imine (C=N–C) groups is 1. The molecule has 2 heterocycles. The fourth-order valence-corrected chi connectivity index (χ4v) is 3.28. The SMILES string of the molecule is CCNC(=NCCCCN1CCOCC1)NCCc1csc(C)n1. The molecule has 1 aromatic heterocycles. The summed E-state index contributed by atoms with van der Waals surface area (Å²) in [5.74, 6) is 0.913. The third-order valence-electron chi connectivity index (χ3n) is 3.94. The van der Waals surface area contributed by atoms with E-state index in [1.54, 1.807) is 11.3 Å². The summed E-state index contributed by atoms with van der Waals surface area (Å²) in [6, 6.07) is 0. The van der Waals surface area contributed by atoms with E-state index in [4.69, 9.17) is 4.74 Å². The molecule has 1 aliphatic rings. The predicted molar refractivity (Wildman–Crippen MR) is 101 cm³/mol. The number of unbranched alkanes of at least 4 members (excludes halogenated alkanes) is 1. The van der Waals surface area contributed by atoms with E-state index in [9.17, 15) is 0 Å². The fraction of sp³-hybridized carbons (Fsp3) is 0.765. The molecule has 0 radical (unpaired) electrons. The van der Waals surface area contributed by atoms with Gasteiger partial charge in [-0.2, -0.15) is 0 Å². The summed E-state index contributed by atoms with van der Waals surface area (Å²) in [5, 5.41) is 9.97. The van der Waals surface area contributed by atoms with E-state index in [1.165, 1.54) is 6.42 Å². The third-order valence-corrected chi connectivity index (χ3v) is 4.76. The van der Waals surface area contributed by atoms with Gasteiger partial charge in [-0.1, -0.05) is 0 Å². The van der Waals surface area contributed by atoms with Gasteiger partial charge in [-0.3, -0.25) is 9.89 Å². The maximum Gasteiger partial charge on any atom is 0.191 e. The maximum atomic E-state index is 5.37. The lowest BCUT2D eigenvalue weighted by atomic mass is 10.3. The summed E-state index contributed by atoms with van der Waals surface area (Å²) in [7, 11) is 0. The van der Waals surface area contributed by atoms with E-state index in [2.05, 4.69) is 37.8 Å². The molecule has 2 N–H and O–H groups in total. The lowest BCUT2D eigenvalue weighted by Gasteiger charge is -2.26. The normalized spacial score (nSPS) is 16.3. The number of hydrogen-bond acceptors (Lipinski definition) is 5. The average Bonchev–Trinajstić information content (AvgIpc) is 3.01. The van der Waals surface area contributed by atoms with Gasteiger partial charge in [0.1, 0.15) is 0 Å². The van der Waals surface area contributed by atoms with Crippen LogP contribution in [-0.2, 0) is 11.2 Å². The van der Waals surface area contributed by atoms with Gasteiger partial charge in [0, 0.05) is 44.5 Å². The molecule has 0 bridgehead atoms. The van der Waals surface area contributed by atoms with Gasteiger partial charge in [-0.05, 0) is 33.2 Å². The van der Waals surface area contributed by atoms with E-state index in [0.717, 1.165) is 82.0 Å². The number of nitrogens with one attached hydrogen (secondary N) is 2. The van der Waals surface area contributed by atoms with E-state index in [1.807, 2.05) is 6.92 Å². The molecule has 24 heavy (non-hydrogen) atoms. The monoisotopic (exact) mass is 353 g/mol. The Morgan fingerprint density at radius 1 is 1.33 bits per heavy atom. The van der Waals surface area contributed by atoms with Crippen molar-refractivity contribution in [2.75, 3.05) is 52.5 Å². The van der Waals surface area contributed by atoms with Crippen molar-refractivity contribution in [1.82, 2.24) is 20.5 Å². The van der Waals surface area contributed by atoms with Gasteiger partial charge in [-0.25, -0.2) is 4.98 Å². The topological polar surface area (TPSA) is 61.8 Å². The molecular weight excluding hydrogens is 322 g/mol. The van der Waals surface area contributed by atoms with E-state index < -0.39 is 0 Å². The Kier molecular flexibility index (Phi) is 9.09. The first kappa shape index (κ1) is 19.1. The van der Waals surface area contributed by atoms with Crippen LogP contribution in [0.2, 0.25) is 0 Å². The van der Waals surface area contributed by atoms with Crippen LogP contribution in [0.5, 0.6) is 0 Å².